The van der Waals surface area contributed by atoms with Crippen LogP contribution in [0, 0.1) is 6.92 Å². The number of carboxylic acids is 1. The van der Waals surface area contributed by atoms with Crippen LogP contribution in [-0.2, 0) is 0 Å². The summed E-state index contributed by atoms with van der Waals surface area (Å²) in [4.78, 5) is 23.0. The molecule has 0 aliphatic carbocycles. The van der Waals surface area contributed by atoms with Gasteiger partial charge in [0.2, 0.25) is 0 Å². The number of phenolic OH excluding ortho intramolecular Hbond substituents is 1. The second-order valence-electron chi connectivity index (χ2n) is 3.94. The number of benzene rings is 1. The third kappa shape index (κ3) is 2.74. The molecule has 1 amide bonds. The molecule has 0 spiro atoms. The molecule has 0 atom stereocenters. The zero-order chi connectivity index (χ0) is 14.0. The van der Waals surface area contributed by atoms with Gasteiger partial charge in [-0.05, 0) is 30.5 Å². The van der Waals surface area contributed by atoms with Gasteiger partial charge >= 0.3 is 5.97 Å². The first-order valence-corrected chi connectivity index (χ1v) is 6.28. The number of hydrogen-bond acceptors (Lipinski definition) is 4. The van der Waals surface area contributed by atoms with Crippen LogP contribution in [0.1, 0.15) is 25.6 Å². The Morgan fingerprint density at radius 1 is 1.26 bits per heavy atom. The lowest BCUT2D eigenvalue weighted by Crippen LogP contribution is -2.13. The second-order valence-corrected chi connectivity index (χ2v) is 4.86. The number of thiophene rings is 1. The smallest absolute Gasteiger partial charge is 0.348 e. The van der Waals surface area contributed by atoms with Crippen molar-refractivity contribution in [3.05, 3.63) is 45.6 Å². The summed E-state index contributed by atoms with van der Waals surface area (Å²) in [6, 6.07) is 6.16. The lowest BCUT2D eigenvalue weighted by molar-refractivity contribution is 0.0703. The van der Waals surface area contributed by atoms with E-state index in [4.69, 9.17) is 5.11 Å². The minimum absolute atomic E-state index is 0.0560. The SMILES string of the molecule is Cc1ccc(O)c(C(=O)Nc2ccsc2C(=O)O)c1. The number of hydrogen-bond donors (Lipinski definition) is 3. The van der Waals surface area contributed by atoms with E-state index < -0.39 is 11.9 Å². The summed E-state index contributed by atoms with van der Waals surface area (Å²) in [7, 11) is 0. The van der Waals surface area contributed by atoms with Crippen molar-refractivity contribution >= 4 is 28.9 Å². The Kier molecular flexibility index (Phi) is 3.52. The normalized spacial score (nSPS) is 10.2. The molecule has 1 aromatic heterocycles. The van der Waals surface area contributed by atoms with Crippen LogP contribution in [0.25, 0.3) is 0 Å². The van der Waals surface area contributed by atoms with Crippen LogP contribution in [0.2, 0.25) is 0 Å². The van der Waals surface area contributed by atoms with Crippen LogP contribution < -0.4 is 5.32 Å². The monoisotopic (exact) mass is 277 g/mol. The minimum atomic E-state index is -1.10. The zero-order valence-electron chi connectivity index (χ0n) is 10.0. The second kappa shape index (κ2) is 5.11. The van der Waals surface area contributed by atoms with Crippen molar-refractivity contribution in [3.63, 3.8) is 0 Å². The van der Waals surface area contributed by atoms with Crippen molar-refractivity contribution in [3.8, 4) is 5.75 Å². The number of nitrogens with one attached hydrogen (secondary N) is 1. The molecule has 1 heterocycles. The quantitative estimate of drug-likeness (QED) is 0.805. The summed E-state index contributed by atoms with van der Waals surface area (Å²) in [6.45, 7) is 1.80. The first-order chi connectivity index (χ1) is 8.99. The van der Waals surface area contributed by atoms with Gasteiger partial charge in [0.05, 0.1) is 11.3 Å². The third-order valence-electron chi connectivity index (χ3n) is 2.50. The van der Waals surface area contributed by atoms with Gasteiger partial charge in [0.25, 0.3) is 5.91 Å². The predicted molar refractivity (Wildman–Crippen MR) is 72.1 cm³/mol. The maximum atomic E-state index is 12.0. The molecule has 0 saturated carbocycles. The molecule has 98 valence electrons. The predicted octanol–water partition coefficient (Wildman–Crippen LogP) is 2.71. The van der Waals surface area contributed by atoms with Gasteiger partial charge < -0.3 is 15.5 Å². The molecule has 19 heavy (non-hydrogen) atoms. The van der Waals surface area contributed by atoms with E-state index in [1.165, 1.54) is 18.2 Å². The third-order valence-corrected chi connectivity index (χ3v) is 3.41. The number of carboxylic acid groups (broad SMARTS) is 1. The summed E-state index contributed by atoms with van der Waals surface area (Å²) >= 11 is 1.03. The van der Waals surface area contributed by atoms with Crippen molar-refractivity contribution in [2.75, 3.05) is 5.32 Å². The van der Waals surface area contributed by atoms with Crippen molar-refractivity contribution in [2.45, 2.75) is 6.92 Å². The van der Waals surface area contributed by atoms with Gasteiger partial charge in [-0.1, -0.05) is 11.6 Å². The highest BCUT2D eigenvalue weighted by atomic mass is 32.1. The van der Waals surface area contributed by atoms with Crippen LogP contribution in [0.15, 0.2) is 29.6 Å². The zero-order valence-corrected chi connectivity index (χ0v) is 10.8. The molecular weight excluding hydrogens is 266 g/mol. The lowest BCUT2D eigenvalue weighted by atomic mass is 10.1. The molecule has 3 N–H and O–H groups in total. The number of aromatic hydroxyl groups is 1. The van der Waals surface area contributed by atoms with Crippen LogP contribution in [0.5, 0.6) is 5.75 Å². The Balaban J connectivity index is 2.28. The molecule has 2 rings (SSSR count). The van der Waals surface area contributed by atoms with E-state index in [0.717, 1.165) is 16.9 Å². The minimum Gasteiger partial charge on any atom is -0.507 e. The fourth-order valence-electron chi connectivity index (χ4n) is 1.59. The molecule has 0 aliphatic rings. The fourth-order valence-corrected chi connectivity index (χ4v) is 2.28. The van der Waals surface area contributed by atoms with E-state index in [-0.39, 0.29) is 21.9 Å². The number of phenols is 1. The van der Waals surface area contributed by atoms with E-state index in [2.05, 4.69) is 5.32 Å². The Morgan fingerprint density at radius 3 is 2.68 bits per heavy atom. The molecule has 0 bridgehead atoms. The maximum Gasteiger partial charge on any atom is 0.348 e. The van der Waals surface area contributed by atoms with Gasteiger partial charge in [0.15, 0.2) is 0 Å². The van der Waals surface area contributed by atoms with E-state index in [0.29, 0.717) is 0 Å². The number of anilines is 1. The number of aromatic carboxylic acids is 1. The Bertz CT molecular complexity index is 648. The number of rotatable bonds is 3. The Morgan fingerprint density at radius 2 is 2.00 bits per heavy atom. The van der Waals surface area contributed by atoms with Crippen LogP contribution in [0.4, 0.5) is 5.69 Å². The summed E-state index contributed by atoms with van der Waals surface area (Å²) in [6.07, 6.45) is 0. The lowest BCUT2D eigenvalue weighted by Gasteiger charge is -2.07. The number of amides is 1. The Labute approximate surface area is 113 Å². The number of aryl methyl sites for hydroxylation is 1. The van der Waals surface area contributed by atoms with Gasteiger partial charge in [0, 0.05) is 0 Å². The fraction of sp³-hybridized carbons (Fsp3) is 0.0769. The first-order valence-electron chi connectivity index (χ1n) is 5.41. The molecule has 0 aliphatic heterocycles. The molecular formula is C13H11NO4S. The molecule has 5 nitrogen and oxygen atoms in total. The van der Waals surface area contributed by atoms with Gasteiger partial charge in [-0.15, -0.1) is 11.3 Å². The molecule has 6 heteroatoms. The van der Waals surface area contributed by atoms with Gasteiger partial charge in [-0.2, -0.15) is 0 Å². The summed E-state index contributed by atoms with van der Waals surface area (Å²) in [5.74, 6) is -1.78. The van der Waals surface area contributed by atoms with Crippen molar-refractivity contribution in [2.24, 2.45) is 0 Å². The average molecular weight is 277 g/mol. The largest absolute Gasteiger partial charge is 0.507 e. The molecule has 2 aromatic rings. The molecule has 1 aromatic carbocycles. The van der Waals surface area contributed by atoms with Crippen LogP contribution >= 0.6 is 11.3 Å². The first kappa shape index (κ1) is 13.1. The van der Waals surface area contributed by atoms with Crippen molar-refractivity contribution in [1.29, 1.82) is 0 Å². The van der Waals surface area contributed by atoms with Crippen molar-refractivity contribution in [1.82, 2.24) is 0 Å². The molecule has 0 unspecified atom stereocenters. The van der Waals surface area contributed by atoms with E-state index >= 15 is 0 Å². The van der Waals surface area contributed by atoms with E-state index in [1.807, 2.05) is 0 Å². The summed E-state index contributed by atoms with van der Waals surface area (Å²) in [5, 5.41) is 22.6. The van der Waals surface area contributed by atoms with E-state index in [9.17, 15) is 14.7 Å². The average Bonchev–Trinajstić information content (AvgIpc) is 2.80. The molecule has 0 radical (unpaired) electrons. The topological polar surface area (TPSA) is 86.6 Å². The van der Waals surface area contributed by atoms with Crippen LogP contribution in [0.3, 0.4) is 0 Å². The molecule has 0 saturated heterocycles. The summed E-state index contributed by atoms with van der Waals surface area (Å²) < 4.78 is 0. The highest BCUT2D eigenvalue weighted by Crippen LogP contribution is 2.25. The summed E-state index contributed by atoms with van der Waals surface area (Å²) in [5.41, 5.74) is 1.16. The number of carbonyl (C=O) groups is 2. The highest BCUT2D eigenvalue weighted by molar-refractivity contribution is 7.12. The Hall–Kier alpha value is -2.34. The van der Waals surface area contributed by atoms with Crippen molar-refractivity contribution < 1.29 is 19.8 Å². The van der Waals surface area contributed by atoms with Gasteiger partial charge in [0.1, 0.15) is 10.6 Å². The maximum absolute atomic E-state index is 12.0. The highest BCUT2D eigenvalue weighted by Gasteiger charge is 2.17. The van der Waals surface area contributed by atoms with Gasteiger partial charge in [-0.25, -0.2) is 4.79 Å². The van der Waals surface area contributed by atoms with Crippen LogP contribution in [-0.4, -0.2) is 22.1 Å². The number of carbonyl (C=O) groups excluding carboxylic acids is 1. The standard InChI is InChI=1S/C13H11NO4S/c1-7-2-3-10(15)8(6-7)12(16)14-9-4-5-19-11(9)13(17)18/h2-6,15H,1H3,(H,14,16)(H,17,18). The van der Waals surface area contributed by atoms with E-state index in [1.54, 1.807) is 18.4 Å². The molecule has 0 fully saturated rings. The van der Waals surface area contributed by atoms with Gasteiger partial charge in [-0.3, -0.25) is 4.79 Å².